The molecule has 0 saturated carbocycles. The lowest BCUT2D eigenvalue weighted by Gasteiger charge is -2.06. The van der Waals surface area contributed by atoms with Gasteiger partial charge in [-0.25, -0.2) is 0 Å². The van der Waals surface area contributed by atoms with Crippen LogP contribution < -0.4 is 0 Å². The third kappa shape index (κ3) is 3.51. The highest BCUT2D eigenvalue weighted by molar-refractivity contribution is 8.25. The Labute approximate surface area is 110 Å². The number of hydrogen-bond donors (Lipinski definition) is 0. The molecule has 1 fully saturated rings. The minimum atomic E-state index is 0.0898. The average molecular weight is 262 g/mol. The largest absolute Gasteiger partial charge is 0.295 e. The fourth-order valence-corrected chi connectivity index (χ4v) is 4.12. The molecular weight excluding hydrogens is 248 g/mol. The van der Waals surface area contributed by atoms with Crippen molar-refractivity contribution >= 4 is 34.9 Å². The highest BCUT2D eigenvalue weighted by Gasteiger charge is 2.13. The van der Waals surface area contributed by atoms with Crippen LogP contribution in [0.25, 0.3) is 5.57 Å². The Hall–Kier alpha value is -0.930. The standard InChI is InChI=1S/C14H14OS2/c1-11(15)7-8-13(14-16-9-10-17-14)12-5-3-2-4-6-12/h2-8H,9-10H2,1H3/b8-7+. The highest BCUT2D eigenvalue weighted by atomic mass is 32.2. The van der Waals surface area contributed by atoms with Crippen LogP contribution in [0.15, 0.2) is 46.7 Å². The Kier molecular flexibility index (Phi) is 4.51. The molecule has 0 N–H and O–H groups in total. The summed E-state index contributed by atoms with van der Waals surface area (Å²) in [5, 5.41) is 0. The summed E-state index contributed by atoms with van der Waals surface area (Å²) < 4.78 is 1.33. The molecule has 1 aliphatic heterocycles. The summed E-state index contributed by atoms with van der Waals surface area (Å²) >= 11 is 3.75. The van der Waals surface area contributed by atoms with Gasteiger partial charge in [0.05, 0.1) is 0 Å². The summed E-state index contributed by atoms with van der Waals surface area (Å²) in [6.07, 6.45) is 3.59. The summed E-state index contributed by atoms with van der Waals surface area (Å²) in [5.74, 6) is 2.40. The fraction of sp³-hybridized carbons (Fsp3) is 0.214. The molecule has 2 rings (SSSR count). The molecule has 0 unspecified atom stereocenters. The van der Waals surface area contributed by atoms with E-state index < -0.39 is 0 Å². The molecule has 3 heteroatoms. The smallest absolute Gasteiger partial charge is 0.152 e. The number of thioether (sulfide) groups is 2. The van der Waals surface area contributed by atoms with E-state index in [2.05, 4.69) is 12.1 Å². The van der Waals surface area contributed by atoms with Gasteiger partial charge in [0.2, 0.25) is 0 Å². The van der Waals surface area contributed by atoms with Crippen molar-refractivity contribution in [1.29, 1.82) is 0 Å². The Morgan fingerprint density at radius 2 is 1.76 bits per heavy atom. The van der Waals surface area contributed by atoms with Crippen LogP contribution in [-0.2, 0) is 4.79 Å². The zero-order valence-corrected chi connectivity index (χ0v) is 11.3. The molecule has 88 valence electrons. The van der Waals surface area contributed by atoms with Crippen molar-refractivity contribution in [3.63, 3.8) is 0 Å². The van der Waals surface area contributed by atoms with Gasteiger partial charge in [-0.05, 0) is 24.6 Å². The molecule has 1 nitrogen and oxygen atoms in total. The normalized spacial score (nSPS) is 15.5. The van der Waals surface area contributed by atoms with Crippen molar-refractivity contribution in [3.05, 3.63) is 52.3 Å². The van der Waals surface area contributed by atoms with E-state index in [0.717, 1.165) is 11.5 Å². The van der Waals surface area contributed by atoms with Gasteiger partial charge >= 0.3 is 0 Å². The minimum Gasteiger partial charge on any atom is -0.295 e. The molecule has 1 heterocycles. The predicted molar refractivity (Wildman–Crippen MR) is 78.1 cm³/mol. The summed E-state index contributed by atoms with van der Waals surface area (Å²) in [6, 6.07) is 10.2. The minimum absolute atomic E-state index is 0.0898. The van der Waals surface area contributed by atoms with E-state index >= 15 is 0 Å². The number of allylic oxidation sites excluding steroid dienone is 3. The van der Waals surface area contributed by atoms with Crippen LogP contribution in [0.2, 0.25) is 0 Å². The van der Waals surface area contributed by atoms with Crippen molar-refractivity contribution < 1.29 is 4.79 Å². The second-order valence-electron chi connectivity index (χ2n) is 3.71. The number of hydrogen-bond acceptors (Lipinski definition) is 3. The zero-order valence-electron chi connectivity index (χ0n) is 9.68. The molecule has 1 aromatic carbocycles. The van der Waals surface area contributed by atoms with Crippen LogP contribution in [0.4, 0.5) is 0 Å². The summed E-state index contributed by atoms with van der Waals surface area (Å²) in [7, 11) is 0. The van der Waals surface area contributed by atoms with Crippen LogP contribution >= 0.6 is 23.5 Å². The van der Waals surface area contributed by atoms with Gasteiger partial charge in [-0.3, -0.25) is 4.79 Å². The average Bonchev–Trinajstić information content (AvgIpc) is 2.84. The second kappa shape index (κ2) is 6.12. The van der Waals surface area contributed by atoms with Gasteiger partial charge in [-0.2, -0.15) is 0 Å². The maximum atomic E-state index is 11.1. The summed E-state index contributed by atoms with van der Waals surface area (Å²) in [6.45, 7) is 1.58. The molecule has 1 saturated heterocycles. The lowest BCUT2D eigenvalue weighted by molar-refractivity contribution is -0.112. The Morgan fingerprint density at radius 1 is 1.12 bits per heavy atom. The molecule has 0 radical (unpaired) electrons. The van der Waals surface area contributed by atoms with E-state index in [1.54, 1.807) is 13.0 Å². The summed E-state index contributed by atoms with van der Waals surface area (Å²) in [4.78, 5) is 11.1. The van der Waals surface area contributed by atoms with E-state index in [9.17, 15) is 4.79 Å². The SMILES string of the molecule is CC(=O)/C=C/C(=C1SCCS1)c1ccccc1. The van der Waals surface area contributed by atoms with Crippen LogP contribution in [0.5, 0.6) is 0 Å². The van der Waals surface area contributed by atoms with Gasteiger partial charge < -0.3 is 0 Å². The molecular formula is C14H14OS2. The van der Waals surface area contributed by atoms with E-state index in [1.165, 1.54) is 15.4 Å². The summed E-state index contributed by atoms with van der Waals surface area (Å²) in [5.41, 5.74) is 2.36. The first-order valence-corrected chi connectivity index (χ1v) is 7.48. The Bertz CT molecular complexity index is 452. The van der Waals surface area contributed by atoms with E-state index in [1.807, 2.05) is 47.8 Å². The van der Waals surface area contributed by atoms with Crippen LogP contribution in [0.3, 0.4) is 0 Å². The van der Waals surface area contributed by atoms with Gasteiger partial charge in [-0.15, -0.1) is 23.5 Å². The van der Waals surface area contributed by atoms with Crippen molar-refractivity contribution in [3.8, 4) is 0 Å². The van der Waals surface area contributed by atoms with Gasteiger partial charge in [0.1, 0.15) is 0 Å². The van der Waals surface area contributed by atoms with Gasteiger partial charge in [0, 0.05) is 21.3 Å². The lowest BCUT2D eigenvalue weighted by Crippen LogP contribution is -1.85. The number of rotatable bonds is 3. The van der Waals surface area contributed by atoms with Crippen molar-refractivity contribution in [2.24, 2.45) is 0 Å². The van der Waals surface area contributed by atoms with Crippen LogP contribution in [0.1, 0.15) is 12.5 Å². The van der Waals surface area contributed by atoms with Gasteiger partial charge in [-0.1, -0.05) is 30.3 Å². The number of ketones is 1. The Balaban J connectivity index is 2.37. The number of benzene rings is 1. The molecule has 0 aromatic heterocycles. The van der Waals surface area contributed by atoms with Crippen LogP contribution in [0, 0.1) is 0 Å². The number of carbonyl (C=O) groups excluding carboxylic acids is 1. The van der Waals surface area contributed by atoms with Crippen molar-refractivity contribution in [1.82, 2.24) is 0 Å². The third-order valence-corrected chi connectivity index (χ3v) is 5.09. The van der Waals surface area contributed by atoms with Gasteiger partial charge in [0.25, 0.3) is 0 Å². The molecule has 0 spiro atoms. The lowest BCUT2D eigenvalue weighted by atomic mass is 10.1. The topological polar surface area (TPSA) is 17.1 Å². The van der Waals surface area contributed by atoms with E-state index in [4.69, 9.17) is 0 Å². The molecule has 1 aromatic rings. The van der Waals surface area contributed by atoms with E-state index in [-0.39, 0.29) is 5.78 Å². The molecule has 0 atom stereocenters. The van der Waals surface area contributed by atoms with Crippen molar-refractivity contribution in [2.75, 3.05) is 11.5 Å². The van der Waals surface area contributed by atoms with Crippen LogP contribution in [-0.4, -0.2) is 17.3 Å². The first kappa shape index (κ1) is 12.5. The van der Waals surface area contributed by atoms with E-state index in [0.29, 0.717) is 0 Å². The molecule has 0 amide bonds. The highest BCUT2D eigenvalue weighted by Crippen LogP contribution is 2.42. The fourth-order valence-electron chi connectivity index (χ4n) is 1.57. The first-order valence-electron chi connectivity index (χ1n) is 5.51. The molecule has 1 aliphatic rings. The number of carbonyl (C=O) groups is 1. The van der Waals surface area contributed by atoms with Crippen molar-refractivity contribution in [2.45, 2.75) is 6.92 Å². The Morgan fingerprint density at radius 3 is 2.35 bits per heavy atom. The monoisotopic (exact) mass is 262 g/mol. The van der Waals surface area contributed by atoms with Gasteiger partial charge in [0.15, 0.2) is 5.78 Å². The quantitative estimate of drug-likeness (QED) is 0.767. The molecule has 0 bridgehead atoms. The first-order chi connectivity index (χ1) is 8.27. The molecule has 0 aliphatic carbocycles. The maximum absolute atomic E-state index is 11.1. The maximum Gasteiger partial charge on any atom is 0.152 e. The molecule has 17 heavy (non-hydrogen) atoms. The predicted octanol–water partition coefficient (Wildman–Crippen LogP) is 3.98. The zero-order chi connectivity index (χ0) is 12.1. The second-order valence-corrected chi connectivity index (χ2v) is 6.18. The third-order valence-electron chi connectivity index (χ3n) is 2.34.